The molecule has 1 aromatic heterocycles. The normalized spacial score (nSPS) is 22.2. The van der Waals surface area contributed by atoms with Crippen molar-refractivity contribution in [3.8, 4) is 0 Å². The van der Waals surface area contributed by atoms with Crippen molar-refractivity contribution >= 4 is 17.0 Å². The Labute approximate surface area is 114 Å². The number of fused-ring (bicyclic) bond motifs is 1. The quantitative estimate of drug-likeness (QED) is 0.472. The molecule has 1 saturated heterocycles. The van der Waals surface area contributed by atoms with Crippen molar-refractivity contribution in [3.05, 3.63) is 34.8 Å². The highest BCUT2D eigenvalue weighted by atomic mass is 16.5. The van der Waals surface area contributed by atoms with Crippen LogP contribution in [0.25, 0.3) is 11.1 Å². The van der Waals surface area contributed by atoms with Crippen LogP contribution in [0.2, 0.25) is 0 Å². The van der Waals surface area contributed by atoms with E-state index in [2.05, 4.69) is 5.43 Å². The van der Waals surface area contributed by atoms with Crippen molar-refractivity contribution in [3.63, 3.8) is 0 Å². The third-order valence-corrected chi connectivity index (χ3v) is 3.50. The van der Waals surface area contributed by atoms with E-state index >= 15 is 0 Å². The van der Waals surface area contributed by atoms with Crippen LogP contribution in [0.5, 0.6) is 0 Å². The number of hydrogen-bond donors (Lipinski definition) is 2. The number of hydrazine groups is 1. The first kappa shape index (κ1) is 12.9. The first-order valence-electron chi connectivity index (χ1n) is 6.43. The predicted molar refractivity (Wildman–Crippen MR) is 70.7 cm³/mol. The number of amides is 1. The summed E-state index contributed by atoms with van der Waals surface area (Å²) in [5, 5.41) is 0. The molecule has 3 rings (SSSR count). The van der Waals surface area contributed by atoms with E-state index in [9.17, 15) is 9.59 Å². The molecule has 106 valence electrons. The molecule has 0 spiro atoms. The number of carbonyl (C=O) groups excluding carboxylic acids is 1. The molecular formula is C13H15N3O4. The first-order valence-corrected chi connectivity index (χ1v) is 6.43. The van der Waals surface area contributed by atoms with Crippen LogP contribution in [0, 0.1) is 0 Å². The number of para-hydroxylation sites is 2. The SMILES string of the molecule is NNC(=O)C1CCC(Cn2c(=O)oc3ccccc32)O1. The topological polar surface area (TPSA) is 99.5 Å². The van der Waals surface area contributed by atoms with E-state index in [1.165, 1.54) is 4.57 Å². The Kier molecular flexibility index (Phi) is 3.29. The number of oxazole rings is 1. The summed E-state index contributed by atoms with van der Waals surface area (Å²) in [6.45, 7) is 0.365. The predicted octanol–water partition coefficient (Wildman–Crippen LogP) is 0.132. The Balaban J connectivity index is 1.79. The number of nitrogens with two attached hydrogens (primary N) is 1. The molecule has 2 atom stereocenters. The lowest BCUT2D eigenvalue weighted by molar-refractivity contribution is -0.132. The maximum Gasteiger partial charge on any atom is 0.420 e. The summed E-state index contributed by atoms with van der Waals surface area (Å²) in [7, 11) is 0. The van der Waals surface area contributed by atoms with E-state index in [-0.39, 0.29) is 12.0 Å². The molecule has 1 aliphatic rings. The number of aromatic nitrogens is 1. The van der Waals surface area contributed by atoms with Crippen molar-refractivity contribution in [1.29, 1.82) is 0 Å². The fourth-order valence-electron chi connectivity index (χ4n) is 2.52. The van der Waals surface area contributed by atoms with E-state index in [1.807, 2.05) is 18.2 Å². The number of nitrogens with one attached hydrogen (secondary N) is 1. The second-order valence-corrected chi connectivity index (χ2v) is 4.78. The zero-order chi connectivity index (χ0) is 14.1. The van der Waals surface area contributed by atoms with Crippen LogP contribution in [0.15, 0.2) is 33.5 Å². The van der Waals surface area contributed by atoms with Crippen molar-refractivity contribution < 1.29 is 13.9 Å². The fourth-order valence-corrected chi connectivity index (χ4v) is 2.52. The van der Waals surface area contributed by atoms with Crippen LogP contribution in [-0.4, -0.2) is 22.7 Å². The minimum Gasteiger partial charge on any atom is -0.408 e. The van der Waals surface area contributed by atoms with Gasteiger partial charge in [0.15, 0.2) is 5.58 Å². The number of hydrogen-bond acceptors (Lipinski definition) is 5. The summed E-state index contributed by atoms with van der Waals surface area (Å²) < 4.78 is 12.3. The maximum atomic E-state index is 11.8. The average Bonchev–Trinajstić information content (AvgIpc) is 3.04. The maximum absolute atomic E-state index is 11.8. The van der Waals surface area contributed by atoms with Gasteiger partial charge >= 0.3 is 5.76 Å². The molecule has 1 aromatic carbocycles. The van der Waals surface area contributed by atoms with Crippen LogP contribution in [-0.2, 0) is 16.1 Å². The minimum absolute atomic E-state index is 0.198. The third-order valence-electron chi connectivity index (χ3n) is 3.50. The van der Waals surface area contributed by atoms with Gasteiger partial charge in [0, 0.05) is 0 Å². The summed E-state index contributed by atoms with van der Waals surface area (Å²) in [5.74, 6) is 4.33. The molecule has 20 heavy (non-hydrogen) atoms. The molecule has 1 amide bonds. The van der Waals surface area contributed by atoms with Gasteiger partial charge in [-0.1, -0.05) is 12.1 Å². The highest BCUT2D eigenvalue weighted by Gasteiger charge is 2.31. The van der Waals surface area contributed by atoms with E-state index in [1.54, 1.807) is 6.07 Å². The number of rotatable bonds is 3. The van der Waals surface area contributed by atoms with E-state index < -0.39 is 11.9 Å². The lowest BCUT2D eigenvalue weighted by atomic mass is 10.2. The molecule has 1 fully saturated rings. The van der Waals surface area contributed by atoms with Gasteiger partial charge in [0.25, 0.3) is 5.91 Å². The highest BCUT2D eigenvalue weighted by Crippen LogP contribution is 2.22. The van der Waals surface area contributed by atoms with E-state index in [0.717, 1.165) is 5.52 Å². The van der Waals surface area contributed by atoms with Gasteiger partial charge in [0.05, 0.1) is 18.2 Å². The Hall–Kier alpha value is -2.12. The fraction of sp³-hybridized carbons (Fsp3) is 0.385. The molecule has 1 aliphatic heterocycles. The van der Waals surface area contributed by atoms with Crippen LogP contribution >= 0.6 is 0 Å². The largest absolute Gasteiger partial charge is 0.420 e. The molecule has 3 N–H and O–H groups in total. The Bertz CT molecular complexity index is 690. The van der Waals surface area contributed by atoms with Crippen molar-refractivity contribution in [2.24, 2.45) is 5.84 Å². The monoisotopic (exact) mass is 277 g/mol. The minimum atomic E-state index is -0.543. The third kappa shape index (κ3) is 2.21. The van der Waals surface area contributed by atoms with Gasteiger partial charge in [-0.3, -0.25) is 14.8 Å². The van der Waals surface area contributed by atoms with Crippen molar-refractivity contribution in [2.75, 3.05) is 0 Å². The second-order valence-electron chi connectivity index (χ2n) is 4.78. The Morgan fingerprint density at radius 3 is 3.00 bits per heavy atom. The molecular weight excluding hydrogens is 262 g/mol. The van der Waals surface area contributed by atoms with Gasteiger partial charge in [-0.2, -0.15) is 0 Å². The highest BCUT2D eigenvalue weighted by molar-refractivity contribution is 5.80. The molecule has 0 saturated carbocycles. The van der Waals surface area contributed by atoms with Crippen LogP contribution in [0.4, 0.5) is 0 Å². The van der Waals surface area contributed by atoms with E-state index in [0.29, 0.717) is 25.0 Å². The molecule has 2 unspecified atom stereocenters. The average molecular weight is 277 g/mol. The Morgan fingerprint density at radius 2 is 2.20 bits per heavy atom. The van der Waals surface area contributed by atoms with E-state index in [4.69, 9.17) is 15.0 Å². The van der Waals surface area contributed by atoms with Gasteiger partial charge in [-0.25, -0.2) is 10.6 Å². The van der Waals surface area contributed by atoms with Crippen molar-refractivity contribution in [2.45, 2.75) is 31.6 Å². The van der Waals surface area contributed by atoms with Crippen LogP contribution < -0.4 is 17.0 Å². The number of ether oxygens (including phenoxy) is 1. The second kappa shape index (κ2) is 5.10. The van der Waals surface area contributed by atoms with Crippen LogP contribution in [0.3, 0.4) is 0 Å². The van der Waals surface area contributed by atoms with Gasteiger partial charge in [0.1, 0.15) is 6.10 Å². The van der Waals surface area contributed by atoms with Crippen molar-refractivity contribution in [1.82, 2.24) is 9.99 Å². The number of benzene rings is 1. The zero-order valence-electron chi connectivity index (χ0n) is 10.7. The first-order chi connectivity index (χ1) is 9.69. The molecule has 7 heteroatoms. The lowest BCUT2D eigenvalue weighted by Gasteiger charge is -2.12. The summed E-state index contributed by atoms with van der Waals surface area (Å²) >= 11 is 0. The lowest BCUT2D eigenvalue weighted by Crippen LogP contribution is -2.39. The van der Waals surface area contributed by atoms with Gasteiger partial charge in [-0.05, 0) is 25.0 Å². The molecule has 7 nitrogen and oxygen atoms in total. The summed E-state index contributed by atoms with van der Waals surface area (Å²) in [4.78, 5) is 23.2. The molecule has 0 radical (unpaired) electrons. The number of carbonyl (C=O) groups is 1. The van der Waals surface area contributed by atoms with Gasteiger partial charge < -0.3 is 9.15 Å². The zero-order valence-corrected chi connectivity index (χ0v) is 10.7. The summed E-state index contributed by atoms with van der Waals surface area (Å²) in [5.41, 5.74) is 3.35. The summed E-state index contributed by atoms with van der Waals surface area (Å²) in [6, 6.07) is 7.21. The van der Waals surface area contributed by atoms with Crippen LogP contribution in [0.1, 0.15) is 12.8 Å². The molecule has 2 aromatic rings. The number of nitrogens with zero attached hydrogens (tertiary/aromatic N) is 1. The standard InChI is InChI=1S/C13H15N3O4/c14-15-12(17)11-6-5-8(19-11)7-16-9-3-1-2-4-10(9)20-13(16)18/h1-4,8,11H,5-7,14H2,(H,15,17). The summed E-state index contributed by atoms with van der Waals surface area (Å²) in [6.07, 6.45) is 0.553. The van der Waals surface area contributed by atoms with Gasteiger partial charge in [0.2, 0.25) is 0 Å². The molecule has 0 bridgehead atoms. The molecule has 0 aliphatic carbocycles. The Morgan fingerprint density at radius 1 is 1.40 bits per heavy atom. The smallest absolute Gasteiger partial charge is 0.408 e. The molecule has 2 heterocycles. The van der Waals surface area contributed by atoms with Gasteiger partial charge in [-0.15, -0.1) is 0 Å².